The number of thiazole rings is 1. The van der Waals surface area contributed by atoms with E-state index >= 15 is 0 Å². The van der Waals surface area contributed by atoms with Crippen LogP contribution in [0.1, 0.15) is 0 Å². The molecule has 3 aromatic rings. The van der Waals surface area contributed by atoms with E-state index in [-0.39, 0.29) is 11.4 Å². The van der Waals surface area contributed by atoms with Crippen LogP contribution in [0.5, 0.6) is 5.75 Å². The summed E-state index contributed by atoms with van der Waals surface area (Å²) in [5.74, 6) is 0.255. The lowest BCUT2D eigenvalue weighted by atomic mass is 10.1. The van der Waals surface area contributed by atoms with Gasteiger partial charge in [-0.25, -0.2) is 4.98 Å². The molecule has 0 N–H and O–H groups in total. The van der Waals surface area contributed by atoms with E-state index in [4.69, 9.17) is 4.74 Å². The van der Waals surface area contributed by atoms with Crippen molar-refractivity contribution in [1.82, 2.24) is 9.38 Å². The molecule has 0 radical (unpaired) electrons. The zero-order chi connectivity index (χ0) is 13.4. The summed E-state index contributed by atoms with van der Waals surface area (Å²) in [5, 5.41) is 12.9. The molecular formula is C12H9N3O3S. The number of hydrogen-bond acceptors (Lipinski definition) is 5. The second kappa shape index (κ2) is 4.36. The monoisotopic (exact) mass is 275 g/mol. The predicted molar refractivity (Wildman–Crippen MR) is 71.7 cm³/mol. The van der Waals surface area contributed by atoms with Crippen LogP contribution in [0.3, 0.4) is 0 Å². The lowest BCUT2D eigenvalue weighted by molar-refractivity contribution is -0.385. The van der Waals surface area contributed by atoms with E-state index in [1.54, 1.807) is 18.3 Å². The molecule has 3 rings (SSSR count). The Labute approximate surface area is 112 Å². The molecule has 2 heterocycles. The minimum absolute atomic E-state index is 0.0422. The van der Waals surface area contributed by atoms with E-state index in [1.807, 2.05) is 16.0 Å². The van der Waals surface area contributed by atoms with Crippen LogP contribution in [-0.2, 0) is 0 Å². The predicted octanol–water partition coefficient (Wildman–Crippen LogP) is 2.98. The van der Waals surface area contributed by atoms with E-state index in [0.717, 1.165) is 16.2 Å². The van der Waals surface area contributed by atoms with Crippen molar-refractivity contribution in [3.8, 4) is 17.0 Å². The molecule has 0 aliphatic rings. The Balaban J connectivity index is 2.18. The molecule has 7 heteroatoms. The summed E-state index contributed by atoms with van der Waals surface area (Å²) in [4.78, 5) is 15.6. The standard InChI is InChI=1S/C12H9N3O3S/c1-18-11-3-2-8(6-9(11)15(16)17)10-7-19-12-13-4-5-14(10)12/h2-7H,1H3. The maximum atomic E-state index is 11.0. The first-order valence-corrected chi connectivity index (χ1v) is 6.32. The fraction of sp³-hybridized carbons (Fsp3) is 0.0833. The van der Waals surface area contributed by atoms with Crippen molar-refractivity contribution in [2.75, 3.05) is 7.11 Å². The van der Waals surface area contributed by atoms with Gasteiger partial charge in [-0.1, -0.05) is 0 Å². The third kappa shape index (κ3) is 1.84. The first-order chi connectivity index (χ1) is 9.20. The SMILES string of the molecule is COc1ccc(-c2csc3nccn23)cc1[N+](=O)[O-]. The van der Waals surface area contributed by atoms with Gasteiger partial charge in [0.15, 0.2) is 10.7 Å². The smallest absolute Gasteiger partial charge is 0.311 e. The zero-order valence-electron chi connectivity index (χ0n) is 9.94. The van der Waals surface area contributed by atoms with Gasteiger partial charge in [0, 0.05) is 29.4 Å². The molecule has 0 bridgehead atoms. The molecule has 0 amide bonds. The van der Waals surface area contributed by atoms with Gasteiger partial charge in [-0.15, -0.1) is 11.3 Å². The van der Waals surface area contributed by atoms with Crippen LogP contribution in [0.2, 0.25) is 0 Å². The highest BCUT2D eigenvalue weighted by atomic mass is 32.1. The van der Waals surface area contributed by atoms with Crippen molar-refractivity contribution in [2.45, 2.75) is 0 Å². The Morgan fingerprint density at radius 3 is 3.05 bits per heavy atom. The first kappa shape index (κ1) is 11.7. The van der Waals surface area contributed by atoms with Crippen molar-refractivity contribution in [2.24, 2.45) is 0 Å². The van der Waals surface area contributed by atoms with Crippen LogP contribution >= 0.6 is 11.3 Å². The summed E-state index contributed by atoms with van der Waals surface area (Å²) in [7, 11) is 1.42. The Bertz CT molecular complexity index is 763. The quantitative estimate of drug-likeness (QED) is 0.544. The van der Waals surface area contributed by atoms with Crippen LogP contribution in [0.15, 0.2) is 36.0 Å². The van der Waals surface area contributed by atoms with Crippen molar-refractivity contribution in [3.05, 3.63) is 46.1 Å². The minimum atomic E-state index is -0.445. The average Bonchev–Trinajstić information content (AvgIpc) is 3.00. The summed E-state index contributed by atoms with van der Waals surface area (Å²) in [5.41, 5.74) is 1.60. The second-order valence-corrected chi connectivity index (χ2v) is 4.68. The van der Waals surface area contributed by atoms with Gasteiger partial charge in [-0.2, -0.15) is 0 Å². The molecule has 0 unspecified atom stereocenters. The number of nitro benzene ring substituents is 1. The maximum absolute atomic E-state index is 11.0. The van der Waals surface area contributed by atoms with Gasteiger partial charge in [-0.05, 0) is 12.1 Å². The maximum Gasteiger partial charge on any atom is 0.311 e. The van der Waals surface area contributed by atoms with E-state index in [1.165, 1.54) is 24.5 Å². The molecule has 0 aliphatic carbocycles. The highest BCUT2D eigenvalue weighted by molar-refractivity contribution is 7.15. The molecule has 96 valence electrons. The van der Waals surface area contributed by atoms with Crippen LogP contribution in [-0.4, -0.2) is 21.4 Å². The second-order valence-electron chi connectivity index (χ2n) is 3.84. The average molecular weight is 275 g/mol. The van der Waals surface area contributed by atoms with E-state index in [9.17, 15) is 10.1 Å². The van der Waals surface area contributed by atoms with Crippen LogP contribution < -0.4 is 4.74 Å². The number of imidazole rings is 1. The van der Waals surface area contributed by atoms with Gasteiger partial charge in [0.2, 0.25) is 0 Å². The highest BCUT2D eigenvalue weighted by Gasteiger charge is 2.17. The number of benzene rings is 1. The van der Waals surface area contributed by atoms with Gasteiger partial charge in [0.25, 0.3) is 0 Å². The van der Waals surface area contributed by atoms with Crippen LogP contribution in [0.4, 0.5) is 5.69 Å². The number of methoxy groups -OCH3 is 1. The summed E-state index contributed by atoms with van der Waals surface area (Å²) >= 11 is 1.49. The Hall–Kier alpha value is -2.41. The van der Waals surface area contributed by atoms with E-state index < -0.39 is 4.92 Å². The number of aromatic nitrogens is 2. The summed E-state index contributed by atoms with van der Waals surface area (Å²) in [6.45, 7) is 0. The van der Waals surface area contributed by atoms with Gasteiger partial charge in [-0.3, -0.25) is 14.5 Å². The Kier molecular flexibility index (Phi) is 2.68. The molecule has 0 aliphatic heterocycles. The molecule has 0 atom stereocenters. The molecule has 6 nitrogen and oxygen atoms in total. The van der Waals surface area contributed by atoms with Crippen LogP contribution in [0, 0.1) is 10.1 Å². The molecule has 0 saturated carbocycles. The van der Waals surface area contributed by atoms with Gasteiger partial charge in [0.05, 0.1) is 17.7 Å². The topological polar surface area (TPSA) is 69.7 Å². The van der Waals surface area contributed by atoms with Gasteiger partial charge in [0.1, 0.15) is 0 Å². The molecule has 0 saturated heterocycles. The fourth-order valence-electron chi connectivity index (χ4n) is 1.92. The third-order valence-corrected chi connectivity index (χ3v) is 3.67. The number of ether oxygens (including phenoxy) is 1. The highest BCUT2D eigenvalue weighted by Crippen LogP contribution is 2.33. The van der Waals surface area contributed by atoms with Crippen molar-refractivity contribution >= 4 is 22.0 Å². The Morgan fingerprint density at radius 2 is 2.32 bits per heavy atom. The van der Waals surface area contributed by atoms with Gasteiger partial charge >= 0.3 is 5.69 Å². The number of hydrogen-bond donors (Lipinski definition) is 0. The number of nitro groups is 1. The minimum Gasteiger partial charge on any atom is -0.490 e. The third-order valence-electron chi connectivity index (χ3n) is 2.81. The zero-order valence-corrected chi connectivity index (χ0v) is 10.8. The molecular weight excluding hydrogens is 266 g/mol. The van der Waals surface area contributed by atoms with Crippen molar-refractivity contribution < 1.29 is 9.66 Å². The molecule has 19 heavy (non-hydrogen) atoms. The lowest BCUT2D eigenvalue weighted by Gasteiger charge is -2.04. The van der Waals surface area contributed by atoms with Gasteiger partial charge < -0.3 is 4.74 Å². The first-order valence-electron chi connectivity index (χ1n) is 5.44. The van der Waals surface area contributed by atoms with E-state index in [2.05, 4.69) is 4.98 Å². The molecule has 0 spiro atoms. The van der Waals surface area contributed by atoms with Crippen LogP contribution in [0.25, 0.3) is 16.2 Å². The fourth-order valence-corrected chi connectivity index (χ4v) is 2.79. The van der Waals surface area contributed by atoms with Crippen molar-refractivity contribution in [3.63, 3.8) is 0 Å². The number of rotatable bonds is 3. The number of nitrogens with zero attached hydrogens (tertiary/aromatic N) is 3. The summed E-state index contributed by atoms with van der Waals surface area (Å²) in [6, 6.07) is 4.92. The largest absolute Gasteiger partial charge is 0.490 e. The molecule has 0 fully saturated rings. The molecule has 2 aromatic heterocycles. The summed E-state index contributed by atoms with van der Waals surface area (Å²) < 4.78 is 6.89. The molecule has 1 aromatic carbocycles. The van der Waals surface area contributed by atoms with Crippen molar-refractivity contribution in [1.29, 1.82) is 0 Å². The Morgan fingerprint density at radius 1 is 1.47 bits per heavy atom. The van der Waals surface area contributed by atoms with E-state index in [0.29, 0.717) is 0 Å². The normalized spacial score (nSPS) is 10.8. The summed E-state index contributed by atoms with van der Waals surface area (Å²) in [6.07, 6.45) is 3.53. The number of fused-ring (bicyclic) bond motifs is 1. The lowest BCUT2D eigenvalue weighted by Crippen LogP contribution is -1.94.